The van der Waals surface area contributed by atoms with Crippen LogP contribution in [0.3, 0.4) is 0 Å². The van der Waals surface area contributed by atoms with Gasteiger partial charge in [-0.15, -0.1) is 0 Å². The van der Waals surface area contributed by atoms with E-state index in [0.717, 1.165) is 0 Å². The van der Waals surface area contributed by atoms with Crippen molar-refractivity contribution >= 4 is 24.2 Å². The van der Waals surface area contributed by atoms with Gasteiger partial charge in [-0.25, -0.2) is 9.59 Å². The first-order valence-electron chi connectivity index (χ1n) is 10.5. The Morgan fingerprint density at radius 1 is 0.750 bits per heavy atom. The van der Waals surface area contributed by atoms with Gasteiger partial charge < -0.3 is 28.4 Å². The van der Waals surface area contributed by atoms with Crippen LogP contribution >= 0.6 is 0 Å². The highest BCUT2D eigenvalue weighted by Gasteiger charge is 2.39. The third kappa shape index (κ3) is 8.99. The van der Waals surface area contributed by atoms with Gasteiger partial charge in [0.1, 0.15) is 0 Å². The summed E-state index contributed by atoms with van der Waals surface area (Å²) in [7, 11) is 0. The molecule has 0 radical (unpaired) electrons. The summed E-state index contributed by atoms with van der Waals surface area (Å²) in [5.41, 5.74) is -1.46. The van der Waals surface area contributed by atoms with Crippen LogP contribution in [0.5, 0.6) is 0 Å². The Kier molecular flexibility index (Phi) is 10.2. The Morgan fingerprint density at radius 3 is 1.34 bits per heavy atom. The van der Waals surface area contributed by atoms with Crippen molar-refractivity contribution < 1.29 is 47.6 Å². The molecule has 0 aromatic carbocycles. The average Bonchev–Trinajstić information content (AvgIpc) is 3.13. The minimum Gasteiger partial charge on any atom is -0.465 e. The molecule has 0 amide bonds. The van der Waals surface area contributed by atoms with Crippen LogP contribution in [0.4, 0.5) is 9.59 Å². The molecule has 0 bridgehead atoms. The Balaban J connectivity index is 0.000000320. The van der Waals surface area contributed by atoms with Crippen LogP contribution in [0, 0.1) is 0 Å². The quantitative estimate of drug-likeness (QED) is 0.296. The number of rotatable bonds is 8. The third-order valence-corrected chi connectivity index (χ3v) is 4.25. The summed E-state index contributed by atoms with van der Waals surface area (Å²) in [5, 5.41) is 0. The van der Waals surface area contributed by atoms with Gasteiger partial charge in [0.25, 0.3) is 0 Å². The van der Waals surface area contributed by atoms with E-state index in [1.54, 1.807) is 53.7 Å². The van der Waals surface area contributed by atoms with Crippen molar-refractivity contribution in [1.29, 1.82) is 0 Å². The predicted octanol–water partition coefficient (Wildman–Crippen LogP) is 4.32. The van der Waals surface area contributed by atoms with E-state index in [0.29, 0.717) is 37.2 Å². The number of carbonyl (C=O) groups excluding carboxylic acids is 4. The van der Waals surface area contributed by atoms with E-state index in [9.17, 15) is 19.2 Å². The third-order valence-electron chi connectivity index (χ3n) is 4.25. The maximum Gasteiger partial charge on any atom is 0.514 e. The zero-order chi connectivity index (χ0) is 24.4. The normalized spacial score (nSPS) is 20.4. The minimum absolute atomic E-state index is 0.239. The Bertz CT molecular complexity index is 697. The lowest BCUT2D eigenvalue weighted by atomic mass is 10.1. The van der Waals surface area contributed by atoms with Gasteiger partial charge in [0, 0.05) is 25.7 Å². The van der Waals surface area contributed by atoms with Crippen LogP contribution < -0.4 is 0 Å². The Morgan fingerprint density at radius 2 is 1.09 bits per heavy atom. The number of ether oxygens (including phenoxy) is 6. The molecule has 10 nitrogen and oxygen atoms in total. The number of hydrogen-bond donors (Lipinski definition) is 0. The number of hydrogen-bond acceptors (Lipinski definition) is 10. The van der Waals surface area contributed by atoms with E-state index < -0.39 is 23.5 Å². The molecule has 2 aliphatic rings. The van der Waals surface area contributed by atoms with Gasteiger partial charge in [-0.3, -0.25) is 9.59 Å². The fraction of sp³-hybridized carbons (Fsp3) is 0.636. The van der Waals surface area contributed by atoms with Crippen molar-refractivity contribution in [3.8, 4) is 0 Å². The maximum atomic E-state index is 10.9. The zero-order valence-corrected chi connectivity index (χ0v) is 19.5. The number of cyclic esters (lactones) is 4. The van der Waals surface area contributed by atoms with Crippen LogP contribution in [0.1, 0.15) is 67.2 Å². The summed E-state index contributed by atoms with van der Waals surface area (Å²) in [6.45, 7) is 11.0. The minimum atomic E-state index is -0.730. The summed E-state index contributed by atoms with van der Waals surface area (Å²) in [6, 6.07) is 0. The first kappa shape index (κ1) is 27.0. The largest absolute Gasteiger partial charge is 0.514 e. The van der Waals surface area contributed by atoms with E-state index in [1.165, 1.54) is 0 Å². The molecule has 2 aliphatic heterocycles. The first-order valence-corrected chi connectivity index (χ1v) is 10.5. The molecule has 0 spiro atoms. The van der Waals surface area contributed by atoms with Crippen LogP contribution in [-0.2, 0) is 38.0 Å². The molecule has 0 aromatic rings. The second kappa shape index (κ2) is 12.1. The van der Waals surface area contributed by atoms with Gasteiger partial charge in [-0.2, -0.15) is 0 Å². The van der Waals surface area contributed by atoms with Crippen LogP contribution in [0.25, 0.3) is 0 Å². The SMILES string of the molecule is CCC(=O)OCC/C=C1/OC(=O)OC1(C)C.CCC(=O)OCC/C=C1/OC(=O)OC1(C)C. The van der Waals surface area contributed by atoms with Crippen molar-refractivity contribution in [3.05, 3.63) is 23.7 Å². The van der Waals surface area contributed by atoms with Gasteiger partial charge >= 0.3 is 24.2 Å². The lowest BCUT2D eigenvalue weighted by Crippen LogP contribution is -2.20. The molecule has 2 rings (SSSR count). The lowest BCUT2D eigenvalue weighted by molar-refractivity contribution is -0.144. The summed E-state index contributed by atoms with van der Waals surface area (Å²) in [4.78, 5) is 43.4. The fourth-order valence-corrected chi connectivity index (χ4v) is 2.49. The van der Waals surface area contributed by atoms with Crippen LogP contribution in [0.15, 0.2) is 23.7 Å². The molecule has 0 saturated carbocycles. The number of esters is 2. The van der Waals surface area contributed by atoms with Gasteiger partial charge in [-0.1, -0.05) is 13.8 Å². The van der Waals surface area contributed by atoms with E-state index in [2.05, 4.69) is 0 Å². The highest BCUT2D eigenvalue weighted by Crippen LogP contribution is 2.30. The highest BCUT2D eigenvalue weighted by molar-refractivity contribution is 5.69. The Hall–Kier alpha value is -3.04. The van der Waals surface area contributed by atoms with E-state index in [1.807, 2.05) is 0 Å². The van der Waals surface area contributed by atoms with Crippen molar-refractivity contribution in [3.63, 3.8) is 0 Å². The summed E-state index contributed by atoms with van der Waals surface area (Å²) in [6.07, 6.45) is 3.74. The fourth-order valence-electron chi connectivity index (χ4n) is 2.49. The van der Waals surface area contributed by atoms with Gasteiger partial charge in [0.05, 0.1) is 13.2 Å². The van der Waals surface area contributed by atoms with Crippen molar-refractivity contribution in [2.45, 2.75) is 78.4 Å². The van der Waals surface area contributed by atoms with Crippen LogP contribution in [-0.4, -0.2) is 48.7 Å². The molecule has 2 fully saturated rings. The van der Waals surface area contributed by atoms with Crippen molar-refractivity contribution in [2.24, 2.45) is 0 Å². The molecule has 0 atom stereocenters. The molecule has 0 aromatic heterocycles. The predicted molar refractivity (Wildman–Crippen MR) is 111 cm³/mol. The van der Waals surface area contributed by atoms with Gasteiger partial charge in [0.2, 0.25) is 0 Å². The van der Waals surface area contributed by atoms with E-state index in [-0.39, 0.29) is 25.2 Å². The van der Waals surface area contributed by atoms with Crippen molar-refractivity contribution in [2.75, 3.05) is 13.2 Å². The van der Waals surface area contributed by atoms with E-state index >= 15 is 0 Å². The second-order valence-corrected chi connectivity index (χ2v) is 7.79. The molecule has 32 heavy (non-hydrogen) atoms. The van der Waals surface area contributed by atoms with Gasteiger partial charge in [0.15, 0.2) is 22.7 Å². The summed E-state index contributed by atoms with van der Waals surface area (Å²) in [5.74, 6) is 0.449. The smallest absolute Gasteiger partial charge is 0.465 e. The second-order valence-electron chi connectivity index (χ2n) is 7.79. The van der Waals surface area contributed by atoms with Crippen LogP contribution in [0.2, 0.25) is 0 Å². The molecule has 0 N–H and O–H groups in total. The standard InChI is InChI=1S/2C11H16O5/c2*1-4-9(12)14-7-5-6-8-11(2,3)16-10(13)15-8/h2*6H,4-5,7H2,1-3H3/b2*8-6+. The highest BCUT2D eigenvalue weighted by atomic mass is 16.8. The molecule has 0 unspecified atom stereocenters. The molecular formula is C22H32O10. The monoisotopic (exact) mass is 456 g/mol. The van der Waals surface area contributed by atoms with Gasteiger partial charge in [-0.05, 0) is 39.8 Å². The molecule has 10 heteroatoms. The Labute approximate surface area is 187 Å². The molecular weight excluding hydrogens is 424 g/mol. The topological polar surface area (TPSA) is 124 Å². The maximum absolute atomic E-state index is 10.9. The number of carbonyl (C=O) groups is 4. The summed E-state index contributed by atoms with van der Waals surface area (Å²) >= 11 is 0. The van der Waals surface area contributed by atoms with Crippen molar-refractivity contribution in [1.82, 2.24) is 0 Å². The zero-order valence-electron chi connectivity index (χ0n) is 19.5. The lowest BCUT2D eigenvalue weighted by Gasteiger charge is -2.13. The van der Waals surface area contributed by atoms with E-state index in [4.69, 9.17) is 28.4 Å². The molecule has 0 aliphatic carbocycles. The summed E-state index contributed by atoms with van der Waals surface area (Å²) < 4.78 is 29.3. The first-order chi connectivity index (χ1) is 14.9. The molecule has 2 heterocycles. The average molecular weight is 456 g/mol. The molecule has 2 saturated heterocycles. The molecule has 180 valence electrons.